The lowest BCUT2D eigenvalue weighted by molar-refractivity contribution is -0.156. The molecule has 0 heterocycles. The van der Waals surface area contributed by atoms with E-state index in [1.165, 1.54) is 6.92 Å². The Morgan fingerprint density at radius 3 is 2.00 bits per heavy atom. The van der Waals surface area contributed by atoms with Crippen LogP contribution in [0.1, 0.15) is 34.5 Å². The molecule has 31 heavy (non-hydrogen) atoms. The van der Waals surface area contributed by atoms with E-state index in [1.807, 2.05) is 60.7 Å². The fourth-order valence-corrected chi connectivity index (χ4v) is 3.04. The monoisotopic (exact) mass is 417 g/mol. The summed E-state index contributed by atoms with van der Waals surface area (Å²) in [5.74, 6) is -0.863. The summed E-state index contributed by atoms with van der Waals surface area (Å²) in [5.41, 5.74) is 2.15. The molecule has 0 aromatic heterocycles. The molecular formula is C25H23NO5. The maximum Gasteiger partial charge on any atom is 0.344 e. The molecule has 0 aliphatic rings. The van der Waals surface area contributed by atoms with Crippen molar-refractivity contribution < 1.29 is 23.9 Å². The summed E-state index contributed by atoms with van der Waals surface area (Å²) in [7, 11) is 0. The zero-order valence-corrected chi connectivity index (χ0v) is 17.1. The predicted octanol–water partition coefficient (Wildman–Crippen LogP) is 3.72. The van der Waals surface area contributed by atoms with Crippen LogP contribution in [0.5, 0.6) is 5.75 Å². The highest BCUT2D eigenvalue weighted by Gasteiger charge is 2.23. The summed E-state index contributed by atoms with van der Waals surface area (Å²) in [6, 6.07) is 25.3. The molecule has 0 aliphatic carbocycles. The first-order chi connectivity index (χ1) is 15.1. The van der Waals surface area contributed by atoms with Crippen LogP contribution in [-0.2, 0) is 14.3 Å². The molecule has 0 saturated carbocycles. The fourth-order valence-electron chi connectivity index (χ4n) is 3.04. The van der Waals surface area contributed by atoms with Crippen LogP contribution < -0.4 is 10.1 Å². The molecule has 6 nitrogen and oxygen atoms in total. The molecule has 6 heteroatoms. The number of carbonyl (C=O) groups excluding carboxylic acids is 3. The Labute approximate surface area is 180 Å². The highest BCUT2D eigenvalue weighted by atomic mass is 16.6. The minimum atomic E-state index is -1.02. The second kappa shape index (κ2) is 10.7. The van der Waals surface area contributed by atoms with Gasteiger partial charge in [-0.1, -0.05) is 72.8 Å². The van der Waals surface area contributed by atoms with Crippen molar-refractivity contribution in [3.8, 4) is 5.75 Å². The number of aldehydes is 1. The Morgan fingerprint density at radius 2 is 1.42 bits per heavy atom. The van der Waals surface area contributed by atoms with E-state index in [9.17, 15) is 14.4 Å². The first-order valence-electron chi connectivity index (χ1n) is 9.85. The SMILES string of the molecule is C[C@H](OC(=O)COc1ccccc1C=O)C(=O)NC(c1ccccc1)c1ccccc1. The van der Waals surface area contributed by atoms with Crippen LogP contribution in [0.25, 0.3) is 0 Å². The topological polar surface area (TPSA) is 81.7 Å². The largest absolute Gasteiger partial charge is 0.481 e. The molecule has 0 fully saturated rings. The third-order valence-electron chi connectivity index (χ3n) is 4.62. The molecule has 3 rings (SSSR count). The van der Waals surface area contributed by atoms with Gasteiger partial charge in [0.1, 0.15) is 5.75 Å². The van der Waals surface area contributed by atoms with E-state index in [0.717, 1.165) is 11.1 Å². The van der Waals surface area contributed by atoms with Crippen molar-refractivity contribution in [2.75, 3.05) is 6.61 Å². The van der Waals surface area contributed by atoms with Gasteiger partial charge in [0.25, 0.3) is 5.91 Å². The Kier molecular flexibility index (Phi) is 7.54. The van der Waals surface area contributed by atoms with Gasteiger partial charge in [0.2, 0.25) is 0 Å². The Morgan fingerprint density at radius 1 is 0.871 bits per heavy atom. The number of carbonyl (C=O) groups is 3. The first kappa shape index (κ1) is 21.8. The number of amides is 1. The summed E-state index contributed by atoms with van der Waals surface area (Å²) >= 11 is 0. The normalized spacial score (nSPS) is 11.4. The molecule has 0 spiro atoms. The van der Waals surface area contributed by atoms with Gasteiger partial charge in [-0.05, 0) is 30.2 Å². The lowest BCUT2D eigenvalue weighted by Crippen LogP contribution is -2.39. The van der Waals surface area contributed by atoms with Crippen molar-refractivity contribution >= 4 is 18.2 Å². The van der Waals surface area contributed by atoms with Crippen LogP contribution in [-0.4, -0.2) is 30.9 Å². The molecular weight excluding hydrogens is 394 g/mol. The Balaban J connectivity index is 1.61. The Bertz CT molecular complexity index is 981. The zero-order valence-electron chi connectivity index (χ0n) is 17.1. The minimum absolute atomic E-state index is 0.278. The van der Waals surface area contributed by atoms with Crippen LogP contribution in [0.2, 0.25) is 0 Å². The summed E-state index contributed by atoms with van der Waals surface area (Å²) < 4.78 is 10.6. The van der Waals surface area contributed by atoms with Gasteiger partial charge in [0.05, 0.1) is 11.6 Å². The molecule has 0 aliphatic heterocycles. The third-order valence-corrected chi connectivity index (χ3v) is 4.62. The second-order valence-corrected chi connectivity index (χ2v) is 6.84. The van der Waals surface area contributed by atoms with Crippen LogP contribution in [0.3, 0.4) is 0 Å². The maximum atomic E-state index is 12.7. The summed E-state index contributed by atoms with van der Waals surface area (Å²) in [5, 5.41) is 2.94. The average Bonchev–Trinajstić information content (AvgIpc) is 2.82. The number of hydrogen-bond donors (Lipinski definition) is 1. The van der Waals surface area contributed by atoms with E-state index in [-0.39, 0.29) is 11.8 Å². The van der Waals surface area contributed by atoms with Crippen molar-refractivity contribution in [3.63, 3.8) is 0 Å². The lowest BCUT2D eigenvalue weighted by atomic mass is 9.98. The van der Waals surface area contributed by atoms with Crippen LogP contribution in [0, 0.1) is 0 Å². The van der Waals surface area contributed by atoms with Crippen LogP contribution >= 0.6 is 0 Å². The van der Waals surface area contributed by atoms with E-state index in [2.05, 4.69) is 5.32 Å². The average molecular weight is 417 g/mol. The number of ether oxygens (including phenoxy) is 2. The lowest BCUT2D eigenvalue weighted by Gasteiger charge is -2.22. The van der Waals surface area contributed by atoms with Gasteiger partial charge in [-0.25, -0.2) is 4.79 Å². The van der Waals surface area contributed by atoms with Gasteiger partial charge in [-0.2, -0.15) is 0 Å². The second-order valence-electron chi connectivity index (χ2n) is 6.84. The molecule has 1 atom stereocenters. The van der Waals surface area contributed by atoms with Gasteiger partial charge in [0, 0.05) is 0 Å². The Hall–Kier alpha value is -3.93. The number of hydrogen-bond acceptors (Lipinski definition) is 5. The minimum Gasteiger partial charge on any atom is -0.481 e. The van der Waals surface area contributed by atoms with Crippen molar-refractivity contribution in [3.05, 3.63) is 102 Å². The van der Waals surface area contributed by atoms with Gasteiger partial charge in [-0.15, -0.1) is 0 Å². The van der Waals surface area contributed by atoms with Crippen LogP contribution in [0.4, 0.5) is 0 Å². The van der Waals surface area contributed by atoms with Crippen molar-refractivity contribution in [1.82, 2.24) is 5.32 Å². The molecule has 3 aromatic carbocycles. The van der Waals surface area contributed by atoms with Crippen molar-refractivity contribution in [2.24, 2.45) is 0 Å². The number of benzene rings is 3. The van der Waals surface area contributed by atoms with E-state index in [4.69, 9.17) is 9.47 Å². The smallest absolute Gasteiger partial charge is 0.344 e. The molecule has 0 bridgehead atoms. The molecule has 1 N–H and O–H groups in total. The number of esters is 1. The maximum absolute atomic E-state index is 12.7. The third kappa shape index (κ3) is 6.02. The molecule has 0 radical (unpaired) electrons. The van der Waals surface area contributed by atoms with E-state index < -0.39 is 24.6 Å². The van der Waals surface area contributed by atoms with Crippen molar-refractivity contribution in [1.29, 1.82) is 0 Å². The van der Waals surface area contributed by atoms with Crippen LogP contribution in [0.15, 0.2) is 84.9 Å². The molecule has 158 valence electrons. The van der Waals surface area contributed by atoms with Gasteiger partial charge in [0.15, 0.2) is 19.0 Å². The van der Waals surface area contributed by atoms with E-state index in [1.54, 1.807) is 24.3 Å². The van der Waals surface area contributed by atoms with E-state index >= 15 is 0 Å². The van der Waals surface area contributed by atoms with Gasteiger partial charge < -0.3 is 14.8 Å². The quantitative estimate of drug-likeness (QED) is 0.424. The highest BCUT2D eigenvalue weighted by molar-refractivity contribution is 5.84. The predicted molar refractivity (Wildman–Crippen MR) is 116 cm³/mol. The van der Waals surface area contributed by atoms with Crippen molar-refractivity contribution in [2.45, 2.75) is 19.1 Å². The summed E-state index contributed by atoms with van der Waals surface area (Å²) in [6.45, 7) is 1.09. The highest BCUT2D eigenvalue weighted by Crippen LogP contribution is 2.22. The molecule has 0 saturated heterocycles. The van der Waals surface area contributed by atoms with Gasteiger partial charge in [-0.3, -0.25) is 9.59 Å². The molecule has 3 aromatic rings. The summed E-state index contributed by atoms with van der Waals surface area (Å²) in [6.07, 6.45) is -0.378. The number of nitrogens with one attached hydrogen (secondary N) is 1. The molecule has 1 amide bonds. The molecule has 0 unspecified atom stereocenters. The van der Waals surface area contributed by atoms with Gasteiger partial charge >= 0.3 is 5.97 Å². The van der Waals surface area contributed by atoms with E-state index in [0.29, 0.717) is 11.8 Å². The standard InChI is InChI=1S/C25H23NO5/c1-18(31-23(28)17-30-22-15-9-8-14-21(22)16-27)25(29)26-24(19-10-4-2-5-11-19)20-12-6-3-7-13-20/h2-16,18,24H,17H2,1H3,(H,26,29)/t18-/m0/s1. The number of para-hydroxylation sites is 1. The number of rotatable bonds is 9. The first-order valence-corrected chi connectivity index (χ1v) is 9.85. The summed E-state index contributed by atoms with van der Waals surface area (Å²) in [4.78, 5) is 35.9. The fraction of sp³-hybridized carbons (Fsp3) is 0.160. The zero-order chi connectivity index (χ0) is 22.1.